The molecule has 188 valence electrons. The van der Waals surface area contributed by atoms with Crippen LogP contribution in [0, 0.1) is 11.2 Å². The predicted molar refractivity (Wildman–Crippen MR) is 127 cm³/mol. The maximum atomic E-state index is 13.4. The van der Waals surface area contributed by atoms with Crippen LogP contribution in [-0.4, -0.2) is 62.2 Å². The Balaban J connectivity index is 1.33. The minimum absolute atomic E-state index is 0.0146. The number of pyridine rings is 1. The topological polar surface area (TPSA) is 111 Å². The van der Waals surface area contributed by atoms with Crippen LogP contribution in [0.25, 0.3) is 5.65 Å². The third-order valence-corrected chi connectivity index (χ3v) is 7.43. The molecule has 2 amide bonds. The van der Waals surface area contributed by atoms with Gasteiger partial charge in [0.25, 0.3) is 11.5 Å². The SMILES string of the molecule is O=C(Cn1cc(C(=O)N2CC3(COC3)C2)c(=O)n2nc(C3CCCCC3)cc12)Nc1ccc(F)cn1. The lowest BCUT2D eigenvalue weighted by Gasteiger charge is -2.54. The molecule has 1 spiro atoms. The first-order valence-electron chi connectivity index (χ1n) is 12.3. The summed E-state index contributed by atoms with van der Waals surface area (Å²) in [5, 5.41) is 7.24. The van der Waals surface area contributed by atoms with E-state index in [-0.39, 0.29) is 35.2 Å². The molecule has 5 heterocycles. The predicted octanol–water partition coefficient (Wildman–Crippen LogP) is 2.19. The molecule has 3 aromatic heterocycles. The number of hydrogen-bond acceptors (Lipinski definition) is 6. The van der Waals surface area contributed by atoms with E-state index in [1.807, 2.05) is 6.07 Å². The summed E-state index contributed by atoms with van der Waals surface area (Å²) in [6.07, 6.45) is 7.88. The van der Waals surface area contributed by atoms with Crippen molar-refractivity contribution in [2.45, 2.75) is 44.6 Å². The van der Waals surface area contributed by atoms with Gasteiger partial charge in [-0.25, -0.2) is 9.37 Å². The number of nitrogens with one attached hydrogen (secondary N) is 1. The smallest absolute Gasteiger partial charge is 0.287 e. The van der Waals surface area contributed by atoms with Crippen molar-refractivity contribution in [1.29, 1.82) is 0 Å². The summed E-state index contributed by atoms with van der Waals surface area (Å²) in [6, 6.07) is 4.42. The number of amides is 2. The van der Waals surface area contributed by atoms with Crippen LogP contribution < -0.4 is 10.9 Å². The zero-order valence-corrected chi connectivity index (χ0v) is 19.8. The molecule has 0 bridgehead atoms. The third kappa shape index (κ3) is 4.06. The normalized spacial score (nSPS) is 19.2. The zero-order valence-electron chi connectivity index (χ0n) is 19.8. The minimum Gasteiger partial charge on any atom is -0.380 e. The Kier molecular flexibility index (Phi) is 5.59. The first kappa shape index (κ1) is 22.8. The first-order valence-corrected chi connectivity index (χ1v) is 12.3. The highest BCUT2D eigenvalue weighted by Gasteiger charge is 2.51. The fourth-order valence-electron chi connectivity index (χ4n) is 5.44. The number of likely N-dealkylation sites (tertiary alicyclic amines) is 1. The van der Waals surface area contributed by atoms with Crippen LogP contribution in [0.1, 0.15) is 54.1 Å². The monoisotopic (exact) mass is 494 g/mol. The highest BCUT2D eigenvalue weighted by Crippen LogP contribution is 2.38. The number of ether oxygens (including phenoxy) is 1. The summed E-state index contributed by atoms with van der Waals surface area (Å²) in [4.78, 5) is 45.0. The van der Waals surface area contributed by atoms with E-state index in [1.54, 1.807) is 9.47 Å². The van der Waals surface area contributed by atoms with E-state index in [0.29, 0.717) is 32.0 Å². The van der Waals surface area contributed by atoms with Crippen LogP contribution in [0.5, 0.6) is 0 Å². The Bertz CT molecular complexity index is 1380. The molecule has 1 N–H and O–H groups in total. The van der Waals surface area contributed by atoms with E-state index >= 15 is 0 Å². The van der Waals surface area contributed by atoms with Crippen LogP contribution in [0.4, 0.5) is 10.2 Å². The maximum Gasteiger partial charge on any atom is 0.287 e. The summed E-state index contributed by atoms with van der Waals surface area (Å²) in [7, 11) is 0. The second-order valence-corrected chi connectivity index (χ2v) is 10.2. The third-order valence-electron chi connectivity index (χ3n) is 7.43. The second kappa shape index (κ2) is 8.81. The Morgan fingerprint density at radius 3 is 2.61 bits per heavy atom. The fraction of sp³-hybridized carbons (Fsp3) is 0.480. The van der Waals surface area contributed by atoms with Crippen molar-refractivity contribution >= 4 is 23.3 Å². The van der Waals surface area contributed by atoms with Crippen molar-refractivity contribution in [3.63, 3.8) is 0 Å². The quantitative estimate of drug-likeness (QED) is 0.582. The summed E-state index contributed by atoms with van der Waals surface area (Å²) in [6.45, 7) is 2.18. The number of anilines is 1. The van der Waals surface area contributed by atoms with Gasteiger partial charge in [0, 0.05) is 31.3 Å². The molecule has 6 rings (SSSR count). The van der Waals surface area contributed by atoms with Crippen molar-refractivity contribution in [1.82, 2.24) is 24.1 Å². The summed E-state index contributed by atoms with van der Waals surface area (Å²) < 4.78 is 21.3. The zero-order chi connectivity index (χ0) is 24.9. The number of rotatable bonds is 5. The van der Waals surface area contributed by atoms with E-state index in [9.17, 15) is 18.8 Å². The summed E-state index contributed by atoms with van der Waals surface area (Å²) in [5.74, 6) is -0.845. The van der Waals surface area contributed by atoms with Crippen LogP contribution in [0.3, 0.4) is 0 Å². The highest BCUT2D eigenvalue weighted by molar-refractivity contribution is 5.95. The number of fused-ring (bicyclic) bond motifs is 1. The lowest BCUT2D eigenvalue weighted by atomic mass is 9.78. The van der Waals surface area contributed by atoms with Gasteiger partial charge >= 0.3 is 0 Å². The lowest BCUT2D eigenvalue weighted by Crippen LogP contribution is -2.67. The van der Waals surface area contributed by atoms with Crippen molar-refractivity contribution < 1.29 is 18.7 Å². The molecule has 36 heavy (non-hydrogen) atoms. The van der Waals surface area contributed by atoms with E-state index in [0.717, 1.165) is 37.6 Å². The second-order valence-electron chi connectivity index (χ2n) is 10.2. The average molecular weight is 495 g/mol. The van der Waals surface area contributed by atoms with Gasteiger partial charge in [0.1, 0.15) is 29.4 Å². The number of hydrogen-bond donors (Lipinski definition) is 1. The molecule has 3 fully saturated rings. The van der Waals surface area contributed by atoms with Gasteiger partial charge in [0.2, 0.25) is 5.91 Å². The standard InChI is InChI=1S/C25H27FN6O4/c26-17-6-7-20(27-9-17)28-21(33)11-30-10-18(23(34)31-12-25(13-31)14-36-15-25)24(35)32-22(30)8-19(29-32)16-4-2-1-3-5-16/h6-10,16H,1-5,11-15H2,(H,27,28,33). The molecule has 1 aliphatic carbocycles. The van der Waals surface area contributed by atoms with Crippen LogP contribution in [0.15, 0.2) is 35.4 Å². The molecule has 2 aliphatic heterocycles. The van der Waals surface area contributed by atoms with E-state index in [1.165, 1.54) is 29.3 Å². The molecule has 0 atom stereocenters. The molecule has 10 nitrogen and oxygen atoms in total. The molecule has 0 unspecified atom stereocenters. The van der Waals surface area contributed by atoms with Gasteiger partial charge < -0.3 is 19.5 Å². The molecule has 2 saturated heterocycles. The Hall–Kier alpha value is -3.60. The van der Waals surface area contributed by atoms with Crippen molar-refractivity contribution in [2.75, 3.05) is 31.6 Å². The number of halogens is 1. The molecule has 3 aromatic rings. The van der Waals surface area contributed by atoms with E-state index in [2.05, 4.69) is 15.4 Å². The lowest BCUT2D eigenvalue weighted by molar-refractivity contribution is -0.176. The number of aromatic nitrogens is 4. The highest BCUT2D eigenvalue weighted by atomic mass is 19.1. The van der Waals surface area contributed by atoms with Gasteiger partial charge in [-0.3, -0.25) is 14.4 Å². The molecular weight excluding hydrogens is 467 g/mol. The van der Waals surface area contributed by atoms with E-state index in [4.69, 9.17) is 4.74 Å². The number of nitrogens with zero attached hydrogens (tertiary/aromatic N) is 5. The molecular formula is C25H27FN6O4. The Labute approximate surface area is 206 Å². The molecule has 0 aromatic carbocycles. The van der Waals surface area contributed by atoms with Crippen molar-refractivity contribution in [3.05, 3.63) is 58.0 Å². The molecule has 0 radical (unpaired) electrons. The average Bonchev–Trinajstić information content (AvgIpc) is 3.27. The summed E-state index contributed by atoms with van der Waals surface area (Å²) >= 11 is 0. The van der Waals surface area contributed by atoms with Crippen LogP contribution >= 0.6 is 0 Å². The fourth-order valence-corrected chi connectivity index (χ4v) is 5.44. The number of carbonyl (C=O) groups excluding carboxylic acids is 2. The summed E-state index contributed by atoms with van der Waals surface area (Å²) in [5.41, 5.74) is 0.760. The van der Waals surface area contributed by atoms with E-state index < -0.39 is 17.3 Å². The number of carbonyl (C=O) groups is 2. The van der Waals surface area contributed by atoms with Gasteiger partial charge in [0.15, 0.2) is 0 Å². The molecule has 1 saturated carbocycles. The first-order chi connectivity index (χ1) is 17.4. The maximum absolute atomic E-state index is 13.4. The Morgan fingerprint density at radius 2 is 1.94 bits per heavy atom. The van der Waals surface area contributed by atoms with Crippen LogP contribution in [-0.2, 0) is 16.1 Å². The van der Waals surface area contributed by atoms with Gasteiger partial charge in [-0.2, -0.15) is 9.61 Å². The minimum atomic E-state index is -0.506. The van der Waals surface area contributed by atoms with Gasteiger partial charge in [0.05, 0.1) is 30.5 Å². The van der Waals surface area contributed by atoms with Gasteiger partial charge in [-0.1, -0.05) is 19.3 Å². The van der Waals surface area contributed by atoms with Gasteiger partial charge in [-0.15, -0.1) is 0 Å². The Morgan fingerprint density at radius 1 is 1.17 bits per heavy atom. The molecule has 11 heteroatoms. The van der Waals surface area contributed by atoms with Crippen molar-refractivity contribution in [2.24, 2.45) is 5.41 Å². The molecule has 3 aliphatic rings. The largest absolute Gasteiger partial charge is 0.380 e. The van der Waals surface area contributed by atoms with Crippen LogP contribution in [0.2, 0.25) is 0 Å². The van der Waals surface area contributed by atoms with Gasteiger partial charge in [-0.05, 0) is 25.0 Å². The van der Waals surface area contributed by atoms with Crippen molar-refractivity contribution in [3.8, 4) is 0 Å².